The van der Waals surface area contributed by atoms with Crippen molar-refractivity contribution in [2.24, 2.45) is 0 Å². The number of hydrogen-bond acceptors (Lipinski definition) is 5. The third-order valence-corrected chi connectivity index (χ3v) is 3.68. The molecule has 0 fully saturated rings. The molecular formula is C15H14BrClN2O5. The molecule has 128 valence electrons. The minimum Gasteiger partial charge on any atom is -0.495 e. The molecule has 0 atom stereocenters. The number of nitrogens with one attached hydrogen (secondary N) is 2. The van der Waals surface area contributed by atoms with Gasteiger partial charge in [-0.1, -0.05) is 11.6 Å². The summed E-state index contributed by atoms with van der Waals surface area (Å²) >= 11 is 9.13. The zero-order chi connectivity index (χ0) is 17.7. The van der Waals surface area contributed by atoms with Gasteiger partial charge in [-0.25, -0.2) is 0 Å². The van der Waals surface area contributed by atoms with Crippen molar-refractivity contribution in [3.05, 3.63) is 39.7 Å². The molecule has 24 heavy (non-hydrogen) atoms. The van der Waals surface area contributed by atoms with Crippen molar-refractivity contribution in [1.82, 2.24) is 5.32 Å². The molecule has 1 aromatic carbocycles. The lowest BCUT2D eigenvalue weighted by Crippen LogP contribution is -2.32. The summed E-state index contributed by atoms with van der Waals surface area (Å²) < 4.78 is 15.8. The van der Waals surface area contributed by atoms with Crippen LogP contribution in [0.15, 0.2) is 33.4 Å². The van der Waals surface area contributed by atoms with Gasteiger partial charge in [0.05, 0.1) is 31.5 Å². The van der Waals surface area contributed by atoms with Crippen molar-refractivity contribution in [2.75, 3.05) is 26.1 Å². The summed E-state index contributed by atoms with van der Waals surface area (Å²) in [5.74, 6) is -0.0575. The van der Waals surface area contributed by atoms with E-state index < -0.39 is 11.8 Å². The molecule has 2 N–H and O–H groups in total. The molecule has 1 aromatic heterocycles. The molecule has 2 amide bonds. The van der Waals surface area contributed by atoms with E-state index in [4.69, 9.17) is 25.5 Å². The van der Waals surface area contributed by atoms with Gasteiger partial charge in [0, 0.05) is 6.07 Å². The highest BCUT2D eigenvalue weighted by Gasteiger charge is 2.15. The van der Waals surface area contributed by atoms with Crippen LogP contribution in [0.4, 0.5) is 5.69 Å². The van der Waals surface area contributed by atoms with Gasteiger partial charge in [0.25, 0.3) is 5.91 Å². The Morgan fingerprint density at radius 2 is 1.92 bits per heavy atom. The standard InChI is InChI=1S/C15H14BrClN2O5/c1-22-11-6-12(23-2)9(5-8(11)17)19-14(20)7-18-15(21)10-3-4-13(16)24-10/h3-6H,7H2,1-2H3,(H,18,21)(H,19,20). The zero-order valence-electron chi connectivity index (χ0n) is 12.8. The largest absolute Gasteiger partial charge is 0.495 e. The minimum atomic E-state index is -0.504. The number of carbonyl (C=O) groups excluding carboxylic acids is 2. The minimum absolute atomic E-state index is 0.0970. The summed E-state index contributed by atoms with van der Waals surface area (Å²) in [5.41, 5.74) is 0.364. The topological polar surface area (TPSA) is 89.8 Å². The van der Waals surface area contributed by atoms with E-state index >= 15 is 0 Å². The summed E-state index contributed by atoms with van der Waals surface area (Å²) in [7, 11) is 2.93. The third-order valence-electron chi connectivity index (χ3n) is 2.95. The van der Waals surface area contributed by atoms with Crippen LogP contribution in [0.2, 0.25) is 5.02 Å². The average molecular weight is 418 g/mol. The zero-order valence-corrected chi connectivity index (χ0v) is 15.2. The molecule has 0 saturated carbocycles. The van der Waals surface area contributed by atoms with E-state index in [0.717, 1.165) is 0 Å². The fraction of sp³-hybridized carbons (Fsp3) is 0.200. The van der Waals surface area contributed by atoms with Crippen LogP contribution in [-0.2, 0) is 4.79 Å². The average Bonchev–Trinajstić information content (AvgIpc) is 2.99. The molecule has 0 bridgehead atoms. The fourth-order valence-corrected chi connectivity index (χ4v) is 2.38. The van der Waals surface area contributed by atoms with Gasteiger partial charge in [0.2, 0.25) is 5.91 Å². The molecule has 0 radical (unpaired) electrons. The quantitative estimate of drug-likeness (QED) is 0.754. The number of anilines is 1. The van der Waals surface area contributed by atoms with Crippen molar-refractivity contribution in [2.45, 2.75) is 0 Å². The van der Waals surface area contributed by atoms with Gasteiger partial charge in [0.15, 0.2) is 10.4 Å². The first kappa shape index (κ1) is 18.2. The van der Waals surface area contributed by atoms with Crippen molar-refractivity contribution < 1.29 is 23.5 Å². The van der Waals surface area contributed by atoms with Crippen LogP contribution in [0.1, 0.15) is 10.6 Å². The molecule has 0 aliphatic heterocycles. The molecule has 2 rings (SSSR count). The molecule has 9 heteroatoms. The van der Waals surface area contributed by atoms with E-state index in [9.17, 15) is 9.59 Å². The first-order valence-electron chi connectivity index (χ1n) is 6.69. The van der Waals surface area contributed by atoms with Crippen LogP contribution in [0.3, 0.4) is 0 Å². The second-order valence-corrected chi connectivity index (χ2v) is 5.71. The molecule has 0 aliphatic carbocycles. The van der Waals surface area contributed by atoms with E-state index in [1.54, 1.807) is 12.1 Å². The van der Waals surface area contributed by atoms with Crippen LogP contribution < -0.4 is 20.1 Å². The number of carbonyl (C=O) groups is 2. The highest BCUT2D eigenvalue weighted by molar-refractivity contribution is 9.10. The number of hydrogen-bond donors (Lipinski definition) is 2. The number of halogens is 2. The number of rotatable bonds is 6. The smallest absolute Gasteiger partial charge is 0.287 e. The van der Waals surface area contributed by atoms with Gasteiger partial charge in [-0.15, -0.1) is 0 Å². The maximum Gasteiger partial charge on any atom is 0.287 e. The number of furan rings is 1. The van der Waals surface area contributed by atoms with Gasteiger partial charge < -0.3 is 24.5 Å². The Morgan fingerprint density at radius 3 is 2.50 bits per heavy atom. The Morgan fingerprint density at radius 1 is 1.21 bits per heavy atom. The van der Waals surface area contributed by atoms with Crippen molar-refractivity contribution in [1.29, 1.82) is 0 Å². The lowest BCUT2D eigenvalue weighted by Gasteiger charge is -2.13. The van der Waals surface area contributed by atoms with Crippen LogP contribution in [0.5, 0.6) is 11.5 Å². The van der Waals surface area contributed by atoms with Crippen molar-refractivity contribution in [3.63, 3.8) is 0 Å². The Labute approximate surface area is 151 Å². The Balaban J connectivity index is 1.99. The van der Waals surface area contributed by atoms with Gasteiger partial charge in [0.1, 0.15) is 11.5 Å². The lowest BCUT2D eigenvalue weighted by atomic mass is 10.2. The van der Waals surface area contributed by atoms with Crippen molar-refractivity contribution in [3.8, 4) is 11.5 Å². The predicted molar refractivity (Wildman–Crippen MR) is 91.9 cm³/mol. The molecule has 0 aliphatic rings. The number of amides is 2. The SMILES string of the molecule is COc1cc(OC)c(NC(=O)CNC(=O)c2ccc(Br)o2)cc1Cl. The predicted octanol–water partition coefficient (Wildman–Crippen LogP) is 3.08. The highest BCUT2D eigenvalue weighted by Crippen LogP contribution is 2.35. The van der Waals surface area contributed by atoms with E-state index in [1.165, 1.54) is 26.4 Å². The van der Waals surface area contributed by atoms with Crippen LogP contribution in [0.25, 0.3) is 0 Å². The first-order valence-corrected chi connectivity index (χ1v) is 7.86. The summed E-state index contributed by atoms with van der Waals surface area (Å²) in [4.78, 5) is 23.8. The summed E-state index contributed by atoms with van der Waals surface area (Å²) in [6.45, 7) is -0.246. The highest BCUT2D eigenvalue weighted by atomic mass is 79.9. The maximum atomic E-state index is 12.0. The number of benzene rings is 1. The van der Waals surface area contributed by atoms with Gasteiger partial charge in [-0.05, 0) is 34.1 Å². The second kappa shape index (κ2) is 8.07. The summed E-state index contributed by atoms with van der Waals surface area (Å²) in [5, 5.41) is 5.37. The number of methoxy groups -OCH3 is 2. The van der Waals surface area contributed by atoms with Crippen LogP contribution >= 0.6 is 27.5 Å². The molecule has 0 unspecified atom stereocenters. The summed E-state index contributed by atoms with van der Waals surface area (Å²) in [6, 6.07) is 6.13. The van der Waals surface area contributed by atoms with Crippen molar-refractivity contribution >= 4 is 45.0 Å². The van der Waals surface area contributed by atoms with E-state index in [-0.39, 0.29) is 12.3 Å². The lowest BCUT2D eigenvalue weighted by molar-refractivity contribution is -0.115. The van der Waals surface area contributed by atoms with Crippen LogP contribution in [0, 0.1) is 0 Å². The number of ether oxygens (including phenoxy) is 2. The third kappa shape index (κ3) is 4.42. The summed E-state index contributed by atoms with van der Waals surface area (Å²) in [6.07, 6.45) is 0. The molecule has 7 nitrogen and oxygen atoms in total. The molecular weight excluding hydrogens is 404 g/mol. The monoisotopic (exact) mass is 416 g/mol. The normalized spacial score (nSPS) is 10.2. The Kier molecular flexibility index (Phi) is 6.10. The molecule has 1 heterocycles. The van der Waals surface area contributed by atoms with Crippen LogP contribution in [-0.4, -0.2) is 32.6 Å². The van der Waals surface area contributed by atoms with E-state index in [2.05, 4.69) is 26.6 Å². The fourth-order valence-electron chi connectivity index (χ4n) is 1.84. The van der Waals surface area contributed by atoms with Gasteiger partial charge in [-0.2, -0.15) is 0 Å². The Hall–Kier alpha value is -2.19. The second-order valence-electron chi connectivity index (χ2n) is 4.52. The van der Waals surface area contributed by atoms with Gasteiger partial charge >= 0.3 is 0 Å². The van der Waals surface area contributed by atoms with E-state index in [1.807, 2.05) is 0 Å². The first-order chi connectivity index (χ1) is 11.4. The molecule has 0 spiro atoms. The molecule has 0 saturated heterocycles. The Bertz CT molecular complexity index is 762. The maximum absolute atomic E-state index is 12.0. The van der Waals surface area contributed by atoms with Gasteiger partial charge in [-0.3, -0.25) is 9.59 Å². The van der Waals surface area contributed by atoms with E-state index in [0.29, 0.717) is 26.9 Å². The molecule has 2 aromatic rings.